The lowest BCUT2D eigenvalue weighted by Crippen LogP contribution is -2.40. The molecule has 9 nitrogen and oxygen atoms in total. The summed E-state index contributed by atoms with van der Waals surface area (Å²) in [5, 5.41) is 5.91. The van der Waals surface area contributed by atoms with Gasteiger partial charge in [-0.25, -0.2) is 8.42 Å². The summed E-state index contributed by atoms with van der Waals surface area (Å²) in [7, 11) is -2.05. The molecule has 10 heteroatoms. The summed E-state index contributed by atoms with van der Waals surface area (Å²) >= 11 is 0. The molecule has 174 valence electrons. The second-order valence-corrected chi connectivity index (χ2v) is 9.17. The van der Waals surface area contributed by atoms with Crippen LogP contribution in [0.2, 0.25) is 0 Å². The number of anilines is 2. The number of ether oxygens (including phenoxy) is 3. The van der Waals surface area contributed by atoms with Crippen LogP contribution in [0.3, 0.4) is 0 Å². The van der Waals surface area contributed by atoms with E-state index in [1.165, 1.54) is 16.4 Å². The van der Waals surface area contributed by atoms with Gasteiger partial charge in [0.15, 0.2) is 0 Å². The fourth-order valence-electron chi connectivity index (χ4n) is 3.17. The molecule has 0 bridgehead atoms. The number of nitrogens with one attached hydrogen (secondary N) is 2. The number of methoxy groups -OCH3 is 1. The number of morpholine rings is 1. The Labute approximate surface area is 188 Å². The van der Waals surface area contributed by atoms with E-state index in [-0.39, 0.29) is 10.8 Å². The van der Waals surface area contributed by atoms with Crippen molar-refractivity contribution in [1.29, 1.82) is 0 Å². The second kappa shape index (κ2) is 11.3. The summed E-state index contributed by atoms with van der Waals surface area (Å²) in [6.07, 6.45) is 0. The average Bonchev–Trinajstić information content (AvgIpc) is 2.81. The van der Waals surface area contributed by atoms with E-state index in [0.29, 0.717) is 56.6 Å². The molecular formula is C22H29N3O6S. The average molecular weight is 464 g/mol. The van der Waals surface area contributed by atoms with Crippen LogP contribution in [0.5, 0.6) is 5.75 Å². The van der Waals surface area contributed by atoms with Crippen LogP contribution in [0.25, 0.3) is 0 Å². The van der Waals surface area contributed by atoms with Gasteiger partial charge in [0, 0.05) is 25.9 Å². The van der Waals surface area contributed by atoms with E-state index in [9.17, 15) is 13.2 Å². The lowest BCUT2D eigenvalue weighted by Gasteiger charge is -2.26. The second-order valence-electron chi connectivity index (χ2n) is 7.24. The van der Waals surface area contributed by atoms with Gasteiger partial charge in [-0.3, -0.25) is 4.79 Å². The molecule has 0 aliphatic carbocycles. The molecule has 1 unspecified atom stereocenters. The van der Waals surface area contributed by atoms with E-state index < -0.39 is 16.1 Å². The van der Waals surface area contributed by atoms with Crippen molar-refractivity contribution in [2.24, 2.45) is 0 Å². The van der Waals surface area contributed by atoms with Crippen molar-refractivity contribution < 1.29 is 27.4 Å². The van der Waals surface area contributed by atoms with Gasteiger partial charge in [0.2, 0.25) is 15.9 Å². The number of para-hydroxylation sites is 2. The smallest absolute Gasteiger partial charge is 0.246 e. The summed E-state index contributed by atoms with van der Waals surface area (Å²) in [5.41, 5.74) is 1.08. The van der Waals surface area contributed by atoms with Crippen molar-refractivity contribution in [2.45, 2.75) is 17.9 Å². The van der Waals surface area contributed by atoms with Gasteiger partial charge in [-0.1, -0.05) is 18.2 Å². The SMILES string of the molecule is COCCOc1ccccc1NC(C)C(=O)Nc1cccc(S(=O)(=O)N2CCOCC2)c1. The predicted octanol–water partition coefficient (Wildman–Crippen LogP) is 2.17. The van der Waals surface area contributed by atoms with Crippen molar-refractivity contribution in [1.82, 2.24) is 4.31 Å². The van der Waals surface area contributed by atoms with Crippen molar-refractivity contribution in [3.63, 3.8) is 0 Å². The number of hydrogen-bond donors (Lipinski definition) is 2. The van der Waals surface area contributed by atoms with Gasteiger partial charge in [-0.15, -0.1) is 0 Å². The molecule has 1 amide bonds. The standard InChI is InChI=1S/C22H29N3O6S/c1-17(23-20-8-3-4-9-21(20)31-15-14-29-2)22(26)24-18-6-5-7-19(16-18)32(27,28)25-10-12-30-13-11-25/h3-9,16-17,23H,10-15H2,1-2H3,(H,24,26). The molecule has 3 rings (SSSR count). The minimum atomic E-state index is -3.65. The first kappa shape index (κ1) is 24.0. The van der Waals surface area contributed by atoms with Crippen LogP contribution in [0.15, 0.2) is 53.4 Å². The molecule has 2 aromatic carbocycles. The third kappa shape index (κ3) is 6.19. The highest BCUT2D eigenvalue weighted by molar-refractivity contribution is 7.89. The van der Waals surface area contributed by atoms with Gasteiger partial charge in [0.05, 0.1) is 30.4 Å². The van der Waals surface area contributed by atoms with E-state index in [1.54, 1.807) is 26.2 Å². The zero-order chi connectivity index (χ0) is 23.0. The van der Waals surface area contributed by atoms with Crippen LogP contribution in [0, 0.1) is 0 Å². The first-order valence-electron chi connectivity index (χ1n) is 10.4. The van der Waals surface area contributed by atoms with Crippen LogP contribution in [-0.2, 0) is 24.3 Å². The van der Waals surface area contributed by atoms with E-state index in [2.05, 4.69) is 10.6 Å². The third-order valence-electron chi connectivity index (χ3n) is 4.91. The fourth-order valence-corrected chi connectivity index (χ4v) is 4.62. The number of sulfonamides is 1. The number of benzene rings is 2. The zero-order valence-electron chi connectivity index (χ0n) is 18.2. The van der Waals surface area contributed by atoms with Gasteiger partial charge in [-0.05, 0) is 37.3 Å². The number of carbonyl (C=O) groups excluding carboxylic acids is 1. The molecule has 32 heavy (non-hydrogen) atoms. The number of amides is 1. The minimum Gasteiger partial charge on any atom is -0.489 e. The molecule has 1 aliphatic heterocycles. The Morgan fingerprint density at radius 3 is 2.62 bits per heavy atom. The summed E-state index contributed by atoms with van der Waals surface area (Å²) in [6.45, 7) is 3.92. The molecule has 2 aromatic rings. The lowest BCUT2D eigenvalue weighted by atomic mass is 10.2. The molecule has 1 saturated heterocycles. The molecule has 1 aliphatic rings. The summed E-state index contributed by atoms with van der Waals surface area (Å²) < 4.78 is 43.0. The van der Waals surface area contributed by atoms with E-state index >= 15 is 0 Å². The molecule has 0 aromatic heterocycles. The molecule has 2 N–H and O–H groups in total. The Hall–Kier alpha value is -2.66. The van der Waals surface area contributed by atoms with Crippen molar-refractivity contribution in [3.05, 3.63) is 48.5 Å². The molecule has 1 atom stereocenters. The number of rotatable bonds is 10. The van der Waals surface area contributed by atoms with Crippen LogP contribution < -0.4 is 15.4 Å². The number of nitrogens with zero attached hydrogens (tertiary/aromatic N) is 1. The summed E-state index contributed by atoms with van der Waals surface area (Å²) in [4.78, 5) is 12.9. The summed E-state index contributed by atoms with van der Waals surface area (Å²) in [6, 6.07) is 13.0. The van der Waals surface area contributed by atoms with E-state index in [0.717, 1.165) is 0 Å². The Morgan fingerprint density at radius 2 is 1.88 bits per heavy atom. The maximum atomic E-state index is 12.9. The van der Waals surface area contributed by atoms with Gasteiger partial charge < -0.3 is 24.8 Å². The van der Waals surface area contributed by atoms with E-state index in [4.69, 9.17) is 14.2 Å². The lowest BCUT2D eigenvalue weighted by molar-refractivity contribution is -0.116. The minimum absolute atomic E-state index is 0.134. The monoisotopic (exact) mass is 463 g/mol. The van der Waals surface area contributed by atoms with Crippen LogP contribution in [0.1, 0.15) is 6.92 Å². The predicted molar refractivity (Wildman–Crippen MR) is 122 cm³/mol. The largest absolute Gasteiger partial charge is 0.489 e. The third-order valence-corrected chi connectivity index (χ3v) is 6.80. The van der Waals surface area contributed by atoms with Crippen LogP contribution in [0.4, 0.5) is 11.4 Å². The highest BCUT2D eigenvalue weighted by Crippen LogP contribution is 2.25. The van der Waals surface area contributed by atoms with Gasteiger partial charge >= 0.3 is 0 Å². The van der Waals surface area contributed by atoms with Gasteiger partial charge in [0.1, 0.15) is 18.4 Å². The maximum absolute atomic E-state index is 12.9. The Kier molecular flexibility index (Phi) is 8.46. The molecule has 1 heterocycles. The quantitative estimate of drug-likeness (QED) is 0.520. The Bertz CT molecular complexity index is 1010. The highest BCUT2D eigenvalue weighted by Gasteiger charge is 2.26. The highest BCUT2D eigenvalue weighted by atomic mass is 32.2. The van der Waals surface area contributed by atoms with Crippen LogP contribution in [-0.4, -0.2) is 71.3 Å². The van der Waals surface area contributed by atoms with Crippen molar-refractivity contribution in [3.8, 4) is 5.75 Å². The molecule has 0 spiro atoms. The van der Waals surface area contributed by atoms with Crippen molar-refractivity contribution in [2.75, 3.05) is 57.3 Å². The number of carbonyl (C=O) groups is 1. The van der Waals surface area contributed by atoms with Crippen molar-refractivity contribution >= 4 is 27.3 Å². The summed E-state index contributed by atoms with van der Waals surface area (Å²) in [5.74, 6) is 0.306. The van der Waals surface area contributed by atoms with Crippen LogP contribution >= 0.6 is 0 Å². The maximum Gasteiger partial charge on any atom is 0.246 e. The molecule has 0 saturated carbocycles. The topological polar surface area (TPSA) is 106 Å². The Morgan fingerprint density at radius 1 is 1.12 bits per heavy atom. The van der Waals surface area contributed by atoms with Gasteiger partial charge in [-0.2, -0.15) is 4.31 Å². The molecule has 0 radical (unpaired) electrons. The molecule has 1 fully saturated rings. The normalized spacial score (nSPS) is 15.7. The Balaban J connectivity index is 1.65. The van der Waals surface area contributed by atoms with E-state index in [1.807, 2.05) is 24.3 Å². The fraction of sp³-hybridized carbons (Fsp3) is 0.409. The molecular weight excluding hydrogens is 434 g/mol. The first-order chi connectivity index (χ1) is 15.4. The zero-order valence-corrected chi connectivity index (χ0v) is 19.1. The number of hydrogen-bond acceptors (Lipinski definition) is 7. The van der Waals surface area contributed by atoms with Gasteiger partial charge in [0.25, 0.3) is 0 Å². The first-order valence-corrected chi connectivity index (χ1v) is 11.8.